The predicted octanol–water partition coefficient (Wildman–Crippen LogP) is 0.885. The van der Waals surface area contributed by atoms with Crippen LogP contribution in [0.5, 0.6) is 0 Å². The molecule has 0 aromatic carbocycles. The van der Waals surface area contributed by atoms with E-state index >= 15 is 0 Å². The van der Waals surface area contributed by atoms with Gasteiger partial charge in [0.25, 0.3) is 0 Å². The first kappa shape index (κ1) is 10.3. The number of carbonyl (C=O) groups is 2. The van der Waals surface area contributed by atoms with Gasteiger partial charge in [0.05, 0.1) is 20.1 Å². The van der Waals surface area contributed by atoms with E-state index in [0.717, 1.165) is 0 Å². The Morgan fingerprint density at radius 3 is 2.14 bits per heavy atom. The van der Waals surface area contributed by atoms with Gasteiger partial charge in [-0.3, -0.25) is 9.69 Å². The Morgan fingerprint density at radius 1 is 1.14 bits per heavy atom. The van der Waals surface area contributed by atoms with Gasteiger partial charge in [-0.2, -0.15) is 0 Å². The third-order valence-corrected chi connectivity index (χ3v) is 1.77. The lowest BCUT2D eigenvalue weighted by Gasteiger charge is -2.17. The second-order valence-corrected chi connectivity index (χ2v) is 2.61. The van der Waals surface area contributed by atoms with Crippen molar-refractivity contribution in [2.75, 3.05) is 14.2 Å². The summed E-state index contributed by atoms with van der Waals surface area (Å²) in [6.45, 7) is 0. The zero-order valence-electron chi connectivity index (χ0n) is 7.97. The molecule has 0 fully saturated rings. The lowest BCUT2D eigenvalue weighted by Crippen LogP contribution is -2.24. The van der Waals surface area contributed by atoms with Crippen LogP contribution in [0.15, 0.2) is 24.6 Å². The average Bonchev–Trinajstić information content (AvgIpc) is 2.27. The lowest BCUT2D eigenvalue weighted by molar-refractivity contribution is -0.142. The van der Waals surface area contributed by atoms with Gasteiger partial charge in [0, 0.05) is 12.4 Å². The van der Waals surface area contributed by atoms with E-state index in [-0.39, 0.29) is 5.97 Å². The number of hydrogen-bond acceptors (Lipinski definition) is 4. The van der Waals surface area contributed by atoms with Crippen molar-refractivity contribution in [1.82, 2.24) is 4.90 Å². The largest absolute Gasteiger partial charge is 0.468 e. The molecule has 0 saturated carbocycles. The van der Waals surface area contributed by atoms with E-state index in [9.17, 15) is 9.59 Å². The molecule has 1 aliphatic heterocycles. The van der Waals surface area contributed by atoms with Crippen molar-refractivity contribution in [3.8, 4) is 0 Å². The standard InChI is InChI=1S/C9H11NO4/c1-13-8(11)7-3-5-10(6-4-7)9(12)14-2/h3-7H,1-2H3. The van der Waals surface area contributed by atoms with Crippen molar-refractivity contribution in [1.29, 1.82) is 0 Å². The third kappa shape index (κ3) is 2.12. The highest BCUT2D eigenvalue weighted by atomic mass is 16.5. The Kier molecular flexibility index (Phi) is 3.28. The van der Waals surface area contributed by atoms with E-state index in [1.165, 1.54) is 31.5 Å². The molecule has 0 bridgehead atoms. The van der Waals surface area contributed by atoms with Gasteiger partial charge in [0.1, 0.15) is 0 Å². The maximum absolute atomic E-state index is 11.1. The number of amides is 1. The Bertz CT molecular complexity index is 253. The van der Waals surface area contributed by atoms with Gasteiger partial charge in [-0.15, -0.1) is 0 Å². The molecule has 1 rings (SSSR count). The second-order valence-electron chi connectivity index (χ2n) is 2.61. The summed E-state index contributed by atoms with van der Waals surface area (Å²) in [5.41, 5.74) is 0. The summed E-state index contributed by atoms with van der Waals surface area (Å²) in [5, 5.41) is 0. The van der Waals surface area contributed by atoms with Gasteiger partial charge in [-0.05, 0) is 12.2 Å². The van der Waals surface area contributed by atoms with Crippen LogP contribution < -0.4 is 0 Å². The first-order chi connectivity index (χ1) is 6.69. The van der Waals surface area contributed by atoms with Gasteiger partial charge >= 0.3 is 12.1 Å². The minimum Gasteiger partial charge on any atom is -0.468 e. The molecule has 0 aliphatic carbocycles. The van der Waals surface area contributed by atoms with Gasteiger partial charge < -0.3 is 9.47 Å². The topological polar surface area (TPSA) is 55.8 Å². The molecule has 1 aliphatic rings. The number of carbonyl (C=O) groups excluding carboxylic acids is 2. The van der Waals surface area contributed by atoms with Crippen LogP contribution in [0, 0.1) is 5.92 Å². The molecular weight excluding hydrogens is 186 g/mol. The molecule has 76 valence electrons. The van der Waals surface area contributed by atoms with Gasteiger partial charge in [-0.25, -0.2) is 4.79 Å². The molecule has 1 amide bonds. The highest BCUT2D eigenvalue weighted by Gasteiger charge is 2.18. The molecule has 0 N–H and O–H groups in total. The van der Waals surface area contributed by atoms with Crippen LogP contribution in [-0.4, -0.2) is 31.2 Å². The van der Waals surface area contributed by atoms with Crippen LogP contribution in [0.1, 0.15) is 0 Å². The van der Waals surface area contributed by atoms with Crippen LogP contribution in [0.2, 0.25) is 0 Å². The van der Waals surface area contributed by atoms with Crippen LogP contribution in [-0.2, 0) is 14.3 Å². The van der Waals surface area contributed by atoms with E-state index in [1.54, 1.807) is 12.2 Å². The van der Waals surface area contributed by atoms with Crippen LogP contribution >= 0.6 is 0 Å². The molecule has 0 radical (unpaired) electrons. The molecule has 0 atom stereocenters. The molecule has 1 heterocycles. The minimum absolute atomic E-state index is 0.359. The Labute approximate surface area is 81.6 Å². The summed E-state index contributed by atoms with van der Waals surface area (Å²) in [4.78, 5) is 23.3. The maximum atomic E-state index is 11.1. The highest BCUT2D eigenvalue weighted by Crippen LogP contribution is 2.12. The smallest absolute Gasteiger partial charge is 0.417 e. The molecule has 5 nitrogen and oxygen atoms in total. The molecule has 14 heavy (non-hydrogen) atoms. The molecular formula is C9H11NO4. The quantitative estimate of drug-likeness (QED) is 0.585. The van der Waals surface area contributed by atoms with Crippen molar-refractivity contribution < 1.29 is 19.1 Å². The fourth-order valence-corrected chi connectivity index (χ4v) is 1.01. The Balaban J connectivity index is 2.61. The SMILES string of the molecule is COC(=O)C1C=CN(C(=O)OC)C=C1. The number of methoxy groups -OCH3 is 2. The van der Waals surface area contributed by atoms with Crippen molar-refractivity contribution in [3.05, 3.63) is 24.6 Å². The van der Waals surface area contributed by atoms with Gasteiger partial charge in [0.15, 0.2) is 0 Å². The highest BCUT2D eigenvalue weighted by molar-refractivity contribution is 5.78. The lowest BCUT2D eigenvalue weighted by atomic mass is 10.1. The summed E-state index contributed by atoms with van der Waals surface area (Å²) < 4.78 is 9.02. The van der Waals surface area contributed by atoms with E-state index < -0.39 is 12.0 Å². The molecule has 0 saturated heterocycles. The zero-order valence-corrected chi connectivity index (χ0v) is 7.97. The number of hydrogen-bond donors (Lipinski definition) is 0. The van der Waals surface area contributed by atoms with Crippen molar-refractivity contribution in [2.24, 2.45) is 5.92 Å². The first-order valence-electron chi connectivity index (χ1n) is 4.00. The van der Waals surface area contributed by atoms with Crippen LogP contribution in [0.4, 0.5) is 4.79 Å². The summed E-state index contributed by atoms with van der Waals surface area (Å²) in [6.07, 6.45) is 5.55. The monoisotopic (exact) mass is 197 g/mol. The summed E-state index contributed by atoms with van der Waals surface area (Å²) in [7, 11) is 2.60. The van der Waals surface area contributed by atoms with E-state index in [1.807, 2.05) is 0 Å². The number of esters is 1. The van der Waals surface area contributed by atoms with E-state index in [0.29, 0.717) is 0 Å². The molecule has 5 heteroatoms. The average molecular weight is 197 g/mol. The molecule has 0 unspecified atom stereocenters. The fraction of sp³-hybridized carbons (Fsp3) is 0.333. The molecule has 0 aromatic rings. The van der Waals surface area contributed by atoms with Crippen LogP contribution in [0.25, 0.3) is 0 Å². The van der Waals surface area contributed by atoms with Crippen molar-refractivity contribution in [3.63, 3.8) is 0 Å². The molecule has 0 aromatic heterocycles. The third-order valence-electron chi connectivity index (χ3n) is 1.77. The van der Waals surface area contributed by atoms with Crippen molar-refractivity contribution >= 4 is 12.1 Å². The summed E-state index contributed by atoms with van der Waals surface area (Å²) in [5.74, 6) is -0.789. The number of rotatable bonds is 1. The van der Waals surface area contributed by atoms with Crippen molar-refractivity contribution in [2.45, 2.75) is 0 Å². The Hall–Kier alpha value is -1.78. The second kappa shape index (κ2) is 4.45. The fourth-order valence-electron chi connectivity index (χ4n) is 1.01. The first-order valence-corrected chi connectivity index (χ1v) is 4.00. The Morgan fingerprint density at radius 2 is 1.71 bits per heavy atom. The predicted molar refractivity (Wildman–Crippen MR) is 48.0 cm³/mol. The van der Waals surface area contributed by atoms with Gasteiger partial charge in [-0.1, -0.05) is 0 Å². The number of nitrogens with zero attached hydrogens (tertiary/aromatic N) is 1. The summed E-state index contributed by atoms with van der Waals surface area (Å²) in [6, 6.07) is 0. The van der Waals surface area contributed by atoms with Gasteiger partial charge in [0.2, 0.25) is 0 Å². The van der Waals surface area contributed by atoms with E-state index in [4.69, 9.17) is 0 Å². The van der Waals surface area contributed by atoms with E-state index in [2.05, 4.69) is 9.47 Å². The summed E-state index contributed by atoms with van der Waals surface area (Å²) >= 11 is 0. The maximum Gasteiger partial charge on any atom is 0.417 e. The zero-order chi connectivity index (χ0) is 10.6. The number of ether oxygens (including phenoxy) is 2. The minimum atomic E-state index is -0.499. The van der Waals surface area contributed by atoms with Crippen LogP contribution in [0.3, 0.4) is 0 Å². The molecule has 0 spiro atoms. The normalized spacial score (nSPS) is 15.4.